The van der Waals surface area contributed by atoms with Crippen LogP contribution in [-0.2, 0) is 20.7 Å². The van der Waals surface area contributed by atoms with Crippen molar-refractivity contribution in [2.45, 2.75) is 18.4 Å². The van der Waals surface area contributed by atoms with E-state index >= 15 is 0 Å². The van der Waals surface area contributed by atoms with Crippen LogP contribution < -0.4 is 10.6 Å². The number of carbonyl (C=O) groups excluding carboxylic acids is 2. The molecule has 1 atom stereocenters. The van der Waals surface area contributed by atoms with Crippen molar-refractivity contribution in [2.24, 2.45) is 0 Å². The molecule has 0 fully saturated rings. The van der Waals surface area contributed by atoms with E-state index in [0.717, 1.165) is 22.3 Å². The second-order valence-corrected chi connectivity index (χ2v) is 7.97. The minimum atomic E-state index is -1.37. The maximum Gasteiger partial charge on any atom is 0.411 e. The molecular formula is C26H24N2O6. The monoisotopic (exact) mass is 460 g/mol. The first-order chi connectivity index (χ1) is 16.5. The van der Waals surface area contributed by atoms with Gasteiger partial charge in [0.25, 0.3) is 0 Å². The lowest BCUT2D eigenvalue weighted by atomic mass is 9.98. The Morgan fingerprint density at radius 2 is 1.56 bits per heavy atom. The number of nitrogens with one attached hydrogen (secondary N) is 2. The van der Waals surface area contributed by atoms with E-state index in [0.29, 0.717) is 11.3 Å². The minimum Gasteiger partial charge on any atom is -0.480 e. The third-order valence-electron chi connectivity index (χ3n) is 5.70. The van der Waals surface area contributed by atoms with Crippen LogP contribution in [0, 0.1) is 0 Å². The molecule has 3 aromatic carbocycles. The van der Waals surface area contributed by atoms with E-state index in [1.807, 2.05) is 36.4 Å². The fourth-order valence-electron chi connectivity index (χ4n) is 4.13. The lowest BCUT2D eigenvalue weighted by Crippen LogP contribution is -2.43. The van der Waals surface area contributed by atoms with Gasteiger partial charge in [-0.3, -0.25) is 10.1 Å². The number of aliphatic hydroxyl groups excluding tert-OH is 1. The first-order valence-corrected chi connectivity index (χ1v) is 10.8. The fraction of sp³-hybridized carbons (Fsp3) is 0.192. The van der Waals surface area contributed by atoms with Gasteiger partial charge in [0.15, 0.2) is 0 Å². The van der Waals surface area contributed by atoms with Crippen LogP contribution in [0.1, 0.15) is 22.6 Å². The summed E-state index contributed by atoms with van der Waals surface area (Å²) < 4.78 is 5.54. The van der Waals surface area contributed by atoms with Crippen molar-refractivity contribution in [1.82, 2.24) is 5.32 Å². The van der Waals surface area contributed by atoms with Crippen molar-refractivity contribution < 1.29 is 29.3 Å². The predicted molar refractivity (Wildman–Crippen MR) is 125 cm³/mol. The third-order valence-corrected chi connectivity index (χ3v) is 5.70. The van der Waals surface area contributed by atoms with Gasteiger partial charge in [0.1, 0.15) is 12.6 Å². The standard InChI is InChI=1S/C26H24N2O6/c29-14-23(25(31)32)28-24(30)13-16-6-5-7-17(12-16)27-26(33)34-15-22-20-10-3-1-8-18(20)19-9-2-4-11-21(19)22/h1-12,22-23,29H,13-15H2,(H,27,33)(H,28,30)(H,31,32)/t23-/m0/s1. The topological polar surface area (TPSA) is 125 Å². The Kier molecular flexibility index (Phi) is 6.89. The Labute approximate surface area is 196 Å². The van der Waals surface area contributed by atoms with Gasteiger partial charge in [-0.05, 0) is 39.9 Å². The molecule has 1 aliphatic rings. The van der Waals surface area contributed by atoms with Gasteiger partial charge in [-0.2, -0.15) is 0 Å². The number of aliphatic hydroxyl groups is 1. The number of carboxylic acid groups (broad SMARTS) is 1. The molecule has 0 spiro atoms. The van der Waals surface area contributed by atoms with Gasteiger partial charge >= 0.3 is 12.1 Å². The van der Waals surface area contributed by atoms with Crippen molar-refractivity contribution in [3.63, 3.8) is 0 Å². The lowest BCUT2D eigenvalue weighted by molar-refractivity contribution is -0.142. The van der Waals surface area contributed by atoms with Crippen LogP contribution >= 0.6 is 0 Å². The zero-order chi connectivity index (χ0) is 24.1. The Bertz CT molecular complexity index is 1180. The normalized spacial score (nSPS) is 12.9. The van der Waals surface area contributed by atoms with Gasteiger partial charge in [-0.1, -0.05) is 60.7 Å². The van der Waals surface area contributed by atoms with Gasteiger partial charge in [0.2, 0.25) is 5.91 Å². The highest BCUT2D eigenvalue weighted by molar-refractivity contribution is 5.87. The van der Waals surface area contributed by atoms with Gasteiger partial charge in [0, 0.05) is 11.6 Å². The van der Waals surface area contributed by atoms with Crippen molar-refractivity contribution in [3.8, 4) is 11.1 Å². The molecule has 1 aliphatic carbocycles. The number of anilines is 1. The van der Waals surface area contributed by atoms with Crippen molar-refractivity contribution >= 4 is 23.7 Å². The van der Waals surface area contributed by atoms with E-state index in [9.17, 15) is 14.4 Å². The molecule has 8 heteroatoms. The summed E-state index contributed by atoms with van der Waals surface area (Å²) in [5, 5.41) is 22.9. The van der Waals surface area contributed by atoms with Crippen LogP contribution in [0.15, 0.2) is 72.8 Å². The quantitative estimate of drug-likeness (QED) is 0.409. The number of fused-ring (bicyclic) bond motifs is 3. The third kappa shape index (κ3) is 5.07. The molecule has 0 unspecified atom stereocenters. The second kappa shape index (κ2) is 10.2. The average molecular weight is 460 g/mol. The number of ether oxygens (including phenoxy) is 1. The number of hydrogen-bond acceptors (Lipinski definition) is 5. The number of amides is 2. The van der Waals surface area contributed by atoms with Crippen molar-refractivity contribution in [3.05, 3.63) is 89.5 Å². The molecule has 0 saturated carbocycles. The van der Waals surface area contributed by atoms with E-state index in [1.165, 1.54) is 0 Å². The number of rotatable bonds is 8. The molecule has 2 amide bonds. The Balaban J connectivity index is 1.36. The first kappa shape index (κ1) is 23.0. The molecule has 3 aromatic rings. The number of benzene rings is 3. The maximum atomic E-state index is 12.5. The summed E-state index contributed by atoms with van der Waals surface area (Å²) in [4.78, 5) is 35.5. The van der Waals surface area contributed by atoms with Crippen LogP contribution in [-0.4, -0.2) is 47.4 Å². The van der Waals surface area contributed by atoms with E-state index in [4.69, 9.17) is 14.9 Å². The number of aliphatic carboxylic acids is 1. The van der Waals surface area contributed by atoms with Crippen molar-refractivity contribution in [2.75, 3.05) is 18.5 Å². The molecule has 34 heavy (non-hydrogen) atoms. The maximum absolute atomic E-state index is 12.5. The summed E-state index contributed by atoms with van der Waals surface area (Å²) in [5.74, 6) is -1.93. The highest BCUT2D eigenvalue weighted by Crippen LogP contribution is 2.44. The molecule has 0 heterocycles. The van der Waals surface area contributed by atoms with Crippen LogP contribution in [0.5, 0.6) is 0 Å². The molecule has 4 rings (SSSR count). The summed E-state index contributed by atoms with van der Waals surface area (Å²) in [6.07, 6.45) is -0.723. The van der Waals surface area contributed by atoms with Gasteiger partial charge in [-0.15, -0.1) is 0 Å². The highest BCUT2D eigenvalue weighted by atomic mass is 16.5. The summed E-state index contributed by atoms with van der Waals surface area (Å²) in [7, 11) is 0. The largest absolute Gasteiger partial charge is 0.480 e. The van der Waals surface area contributed by atoms with Gasteiger partial charge in [0.05, 0.1) is 13.0 Å². The lowest BCUT2D eigenvalue weighted by Gasteiger charge is -2.15. The first-order valence-electron chi connectivity index (χ1n) is 10.8. The zero-order valence-electron chi connectivity index (χ0n) is 18.2. The minimum absolute atomic E-state index is 0.0538. The van der Waals surface area contributed by atoms with E-state index < -0.39 is 30.6 Å². The summed E-state index contributed by atoms with van der Waals surface area (Å²) in [6.45, 7) is -0.524. The van der Waals surface area contributed by atoms with Crippen LogP contribution in [0.4, 0.5) is 10.5 Å². The van der Waals surface area contributed by atoms with E-state index in [2.05, 4.69) is 22.8 Å². The SMILES string of the molecule is O=C(Cc1cccc(NC(=O)OCC2c3ccccc3-c3ccccc32)c1)N[C@@H](CO)C(=O)O. The smallest absolute Gasteiger partial charge is 0.411 e. The Hall–Kier alpha value is -4.17. The second-order valence-electron chi connectivity index (χ2n) is 7.97. The Morgan fingerprint density at radius 1 is 0.912 bits per heavy atom. The molecule has 4 N–H and O–H groups in total. The molecule has 0 radical (unpaired) electrons. The van der Waals surface area contributed by atoms with Crippen LogP contribution in [0.25, 0.3) is 11.1 Å². The summed E-state index contributed by atoms with van der Waals surface area (Å²) in [5.41, 5.74) is 5.53. The molecule has 0 bridgehead atoms. The highest BCUT2D eigenvalue weighted by Gasteiger charge is 2.29. The molecule has 0 aromatic heterocycles. The van der Waals surface area contributed by atoms with E-state index in [-0.39, 0.29) is 18.9 Å². The molecule has 174 valence electrons. The van der Waals surface area contributed by atoms with Crippen LogP contribution in [0.2, 0.25) is 0 Å². The van der Waals surface area contributed by atoms with Gasteiger partial charge in [-0.25, -0.2) is 9.59 Å². The van der Waals surface area contributed by atoms with E-state index in [1.54, 1.807) is 24.3 Å². The molecular weight excluding hydrogens is 436 g/mol. The zero-order valence-corrected chi connectivity index (χ0v) is 18.2. The molecule has 0 saturated heterocycles. The summed E-state index contributed by atoms with van der Waals surface area (Å²) in [6, 6.07) is 21.4. The molecule has 0 aliphatic heterocycles. The number of carboxylic acids is 1. The predicted octanol–water partition coefficient (Wildman–Crippen LogP) is 3.15. The number of hydrogen-bond donors (Lipinski definition) is 4. The molecule has 8 nitrogen and oxygen atoms in total. The van der Waals surface area contributed by atoms with Gasteiger partial charge < -0.3 is 20.3 Å². The van der Waals surface area contributed by atoms with Crippen LogP contribution in [0.3, 0.4) is 0 Å². The number of carbonyl (C=O) groups is 3. The average Bonchev–Trinajstić information content (AvgIpc) is 3.15. The Morgan fingerprint density at radius 3 is 2.18 bits per heavy atom. The summed E-state index contributed by atoms with van der Waals surface area (Å²) >= 11 is 0. The van der Waals surface area contributed by atoms with Crippen molar-refractivity contribution in [1.29, 1.82) is 0 Å². The fourth-order valence-corrected chi connectivity index (χ4v) is 4.13.